The van der Waals surface area contributed by atoms with E-state index in [0.29, 0.717) is 17.0 Å². The lowest BCUT2D eigenvalue weighted by atomic mass is 10.0. The Morgan fingerprint density at radius 3 is 2.35 bits per heavy atom. The Morgan fingerprint density at radius 1 is 1.35 bits per heavy atom. The minimum atomic E-state index is -1.30. The van der Waals surface area contributed by atoms with Crippen molar-refractivity contribution in [1.29, 1.82) is 0 Å². The van der Waals surface area contributed by atoms with Gasteiger partial charge in [-0.25, -0.2) is 9.59 Å². The van der Waals surface area contributed by atoms with Crippen LogP contribution in [0, 0.1) is 13.8 Å². The minimum absolute atomic E-state index is 0.00530. The maximum Gasteiger partial charge on any atom is 0.345 e. The fourth-order valence-electron chi connectivity index (χ4n) is 1.74. The molecule has 20 heavy (non-hydrogen) atoms. The molecular formula is C13H19N3O4. The number of aryl methyl sites for hydroxylation is 2. The molecule has 0 fully saturated rings. The first-order valence-corrected chi connectivity index (χ1v) is 6.13. The summed E-state index contributed by atoms with van der Waals surface area (Å²) in [5.74, 6) is -1.43. The molecule has 0 aliphatic carbocycles. The molecule has 2 N–H and O–H groups in total. The standard InChI is InChI=1S/C13H19N3O4/c1-7-9(8(2)15-12(20)14-7)6-10(17)16(5)13(3,4)11(18)19/h6H2,1-5H3,(H,18,19)(H,14,15,20). The van der Waals surface area contributed by atoms with Gasteiger partial charge in [-0.05, 0) is 27.7 Å². The third-order valence-electron chi connectivity index (χ3n) is 3.52. The zero-order chi connectivity index (χ0) is 15.7. The molecule has 7 nitrogen and oxygen atoms in total. The van der Waals surface area contributed by atoms with Crippen molar-refractivity contribution in [3.63, 3.8) is 0 Å². The largest absolute Gasteiger partial charge is 0.480 e. The van der Waals surface area contributed by atoms with Crippen LogP contribution < -0.4 is 5.69 Å². The normalized spacial score (nSPS) is 11.2. The lowest BCUT2D eigenvalue weighted by Crippen LogP contribution is -2.51. The first-order valence-electron chi connectivity index (χ1n) is 6.13. The Bertz CT molecular complexity index is 578. The van der Waals surface area contributed by atoms with Crippen LogP contribution >= 0.6 is 0 Å². The van der Waals surface area contributed by atoms with Crippen molar-refractivity contribution in [3.8, 4) is 0 Å². The summed E-state index contributed by atoms with van der Waals surface area (Å²) in [5.41, 5.74) is -0.106. The summed E-state index contributed by atoms with van der Waals surface area (Å²) in [4.78, 5) is 42.0. The number of hydrogen-bond acceptors (Lipinski definition) is 4. The van der Waals surface area contributed by atoms with Gasteiger partial charge in [0.05, 0.1) is 6.42 Å². The van der Waals surface area contributed by atoms with Crippen LogP contribution in [-0.4, -0.2) is 44.4 Å². The Kier molecular flexibility index (Phi) is 4.32. The van der Waals surface area contributed by atoms with E-state index in [0.717, 1.165) is 0 Å². The summed E-state index contributed by atoms with van der Waals surface area (Å²) in [6, 6.07) is 0. The smallest absolute Gasteiger partial charge is 0.345 e. The lowest BCUT2D eigenvalue weighted by molar-refractivity contribution is -0.155. The van der Waals surface area contributed by atoms with E-state index in [1.54, 1.807) is 13.8 Å². The fourth-order valence-corrected chi connectivity index (χ4v) is 1.74. The van der Waals surface area contributed by atoms with E-state index in [1.165, 1.54) is 25.8 Å². The molecule has 0 atom stereocenters. The van der Waals surface area contributed by atoms with Crippen LogP contribution in [0.3, 0.4) is 0 Å². The number of carbonyl (C=O) groups is 2. The van der Waals surface area contributed by atoms with Gasteiger partial charge in [-0.3, -0.25) is 4.79 Å². The van der Waals surface area contributed by atoms with Crippen LogP contribution in [-0.2, 0) is 16.0 Å². The number of nitrogens with zero attached hydrogens (tertiary/aromatic N) is 2. The molecule has 110 valence electrons. The number of carbonyl (C=O) groups excluding carboxylic acids is 1. The molecule has 0 saturated carbocycles. The van der Waals surface area contributed by atoms with Crippen LogP contribution in [0.25, 0.3) is 0 Å². The fraction of sp³-hybridized carbons (Fsp3) is 0.538. The second-order valence-corrected chi connectivity index (χ2v) is 5.22. The summed E-state index contributed by atoms with van der Waals surface area (Å²) < 4.78 is 0. The highest BCUT2D eigenvalue weighted by molar-refractivity contribution is 5.87. The van der Waals surface area contributed by atoms with Gasteiger partial charge in [0.1, 0.15) is 5.54 Å². The molecule has 0 aliphatic rings. The van der Waals surface area contributed by atoms with Gasteiger partial charge in [0, 0.05) is 24.0 Å². The van der Waals surface area contributed by atoms with Crippen LogP contribution in [0.15, 0.2) is 4.79 Å². The third-order valence-corrected chi connectivity index (χ3v) is 3.52. The Hall–Kier alpha value is -2.18. The number of nitrogens with one attached hydrogen (secondary N) is 1. The molecule has 0 aromatic carbocycles. The number of hydrogen-bond donors (Lipinski definition) is 2. The molecule has 1 amide bonds. The van der Waals surface area contributed by atoms with Gasteiger partial charge in [0.25, 0.3) is 0 Å². The number of amides is 1. The van der Waals surface area contributed by atoms with E-state index in [4.69, 9.17) is 5.11 Å². The highest BCUT2D eigenvalue weighted by Crippen LogP contribution is 2.16. The van der Waals surface area contributed by atoms with Crippen LogP contribution in [0.5, 0.6) is 0 Å². The topological polar surface area (TPSA) is 103 Å². The number of aromatic nitrogens is 2. The second-order valence-electron chi connectivity index (χ2n) is 5.22. The van der Waals surface area contributed by atoms with Gasteiger partial charge in [0.2, 0.25) is 5.91 Å². The molecule has 0 radical (unpaired) electrons. The van der Waals surface area contributed by atoms with E-state index in [9.17, 15) is 14.4 Å². The summed E-state index contributed by atoms with van der Waals surface area (Å²) in [7, 11) is 1.44. The van der Waals surface area contributed by atoms with Gasteiger partial charge >= 0.3 is 11.7 Å². The van der Waals surface area contributed by atoms with Crippen molar-refractivity contribution in [3.05, 3.63) is 27.4 Å². The van der Waals surface area contributed by atoms with Crippen molar-refractivity contribution in [2.45, 2.75) is 39.7 Å². The van der Waals surface area contributed by atoms with Gasteiger partial charge < -0.3 is 15.0 Å². The monoisotopic (exact) mass is 281 g/mol. The average molecular weight is 281 g/mol. The predicted octanol–water partition coefficient (Wildman–Crippen LogP) is 0.251. The minimum Gasteiger partial charge on any atom is -0.480 e. The SMILES string of the molecule is Cc1nc(=O)[nH]c(C)c1CC(=O)N(C)C(C)(C)C(=O)O. The van der Waals surface area contributed by atoms with E-state index < -0.39 is 17.2 Å². The second kappa shape index (κ2) is 5.44. The van der Waals surface area contributed by atoms with Gasteiger partial charge in [0.15, 0.2) is 0 Å². The molecule has 7 heteroatoms. The quantitative estimate of drug-likeness (QED) is 0.823. The molecule has 1 aromatic rings. The summed E-state index contributed by atoms with van der Waals surface area (Å²) >= 11 is 0. The molecule has 0 bridgehead atoms. The van der Waals surface area contributed by atoms with Crippen LogP contribution in [0.2, 0.25) is 0 Å². The Balaban J connectivity index is 3.03. The predicted molar refractivity (Wildman–Crippen MR) is 72.5 cm³/mol. The average Bonchev–Trinajstić information content (AvgIpc) is 2.32. The highest BCUT2D eigenvalue weighted by atomic mass is 16.4. The van der Waals surface area contributed by atoms with E-state index >= 15 is 0 Å². The molecule has 0 spiro atoms. The van der Waals surface area contributed by atoms with Crippen molar-refractivity contribution in [2.24, 2.45) is 0 Å². The van der Waals surface area contributed by atoms with Crippen LogP contribution in [0.4, 0.5) is 0 Å². The number of aliphatic carboxylic acids is 1. The molecule has 1 rings (SSSR count). The van der Waals surface area contributed by atoms with E-state index in [2.05, 4.69) is 9.97 Å². The molecule has 0 aliphatic heterocycles. The number of carboxylic acid groups (broad SMARTS) is 1. The van der Waals surface area contributed by atoms with Crippen molar-refractivity contribution in [1.82, 2.24) is 14.9 Å². The summed E-state index contributed by atoms with van der Waals surface area (Å²) in [6.07, 6.45) is -0.00530. The van der Waals surface area contributed by atoms with Crippen molar-refractivity contribution in [2.75, 3.05) is 7.05 Å². The summed E-state index contributed by atoms with van der Waals surface area (Å²) in [5, 5.41) is 9.12. The van der Waals surface area contributed by atoms with Crippen molar-refractivity contribution >= 4 is 11.9 Å². The van der Waals surface area contributed by atoms with E-state index in [1.807, 2.05) is 0 Å². The molecule has 1 aromatic heterocycles. The molecular weight excluding hydrogens is 262 g/mol. The maximum absolute atomic E-state index is 12.2. The third kappa shape index (κ3) is 3.04. The Morgan fingerprint density at radius 2 is 1.90 bits per heavy atom. The molecule has 1 heterocycles. The summed E-state index contributed by atoms with van der Waals surface area (Å²) in [6.45, 7) is 6.24. The number of rotatable bonds is 4. The zero-order valence-electron chi connectivity index (χ0n) is 12.3. The van der Waals surface area contributed by atoms with Gasteiger partial charge in [-0.15, -0.1) is 0 Å². The maximum atomic E-state index is 12.2. The van der Waals surface area contributed by atoms with Crippen LogP contribution in [0.1, 0.15) is 30.8 Å². The van der Waals surface area contributed by atoms with Gasteiger partial charge in [-0.2, -0.15) is 4.98 Å². The number of likely N-dealkylation sites (N-methyl/N-ethyl adjacent to an activating group) is 1. The molecule has 0 unspecified atom stereocenters. The first kappa shape index (κ1) is 15.9. The van der Waals surface area contributed by atoms with E-state index in [-0.39, 0.29) is 12.3 Å². The number of aromatic amines is 1. The van der Waals surface area contributed by atoms with Crippen molar-refractivity contribution < 1.29 is 14.7 Å². The van der Waals surface area contributed by atoms with Gasteiger partial charge in [-0.1, -0.05) is 0 Å². The highest BCUT2D eigenvalue weighted by Gasteiger charge is 2.35. The first-order chi connectivity index (χ1) is 9.07. The number of carboxylic acids is 1. The molecule has 0 saturated heterocycles. The zero-order valence-corrected chi connectivity index (χ0v) is 12.3. The Labute approximate surface area is 116 Å². The lowest BCUT2D eigenvalue weighted by Gasteiger charge is -2.31. The number of H-pyrrole nitrogens is 1.